The van der Waals surface area contributed by atoms with Gasteiger partial charge >= 0.3 is 6.09 Å². The lowest BCUT2D eigenvalue weighted by Gasteiger charge is -2.30. The number of fused-ring (bicyclic) bond motifs is 1. The highest BCUT2D eigenvalue weighted by Gasteiger charge is 2.30. The zero-order chi connectivity index (χ0) is 22.2. The highest BCUT2D eigenvalue weighted by atomic mass is 35.5. The molecule has 7 heteroatoms. The molecule has 0 saturated heterocycles. The molecule has 162 valence electrons. The summed E-state index contributed by atoms with van der Waals surface area (Å²) in [6, 6.07) is 9.99. The lowest BCUT2D eigenvalue weighted by atomic mass is 9.97. The summed E-state index contributed by atoms with van der Waals surface area (Å²) in [6.07, 6.45) is 4.09. The van der Waals surface area contributed by atoms with Crippen molar-refractivity contribution in [3.8, 4) is 22.4 Å². The number of pyridine rings is 1. The fourth-order valence-corrected chi connectivity index (χ4v) is 4.07. The van der Waals surface area contributed by atoms with Crippen LogP contribution in [0.2, 0.25) is 5.02 Å². The molecule has 6 nitrogen and oxygen atoms in total. The summed E-state index contributed by atoms with van der Waals surface area (Å²) in [5.74, 6) is 0. The molecule has 0 N–H and O–H groups in total. The number of benzene rings is 1. The zero-order valence-electron chi connectivity index (χ0n) is 18.4. The number of nitrogens with zero attached hydrogens (tertiary/aromatic N) is 4. The molecule has 0 unspecified atom stereocenters. The Morgan fingerprint density at radius 1 is 1.13 bits per heavy atom. The maximum Gasteiger partial charge on any atom is 0.410 e. The van der Waals surface area contributed by atoms with E-state index in [2.05, 4.69) is 18.0 Å². The molecule has 0 spiro atoms. The van der Waals surface area contributed by atoms with E-state index in [4.69, 9.17) is 21.4 Å². The normalized spacial score (nSPS) is 13.8. The average molecular weight is 439 g/mol. The van der Waals surface area contributed by atoms with Crippen LogP contribution < -0.4 is 0 Å². The van der Waals surface area contributed by atoms with Gasteiger partial charge in [-0.3, -0.25) is 9.67 Å². The van der Waals surface area contributed by atoms with Gasteiger partial charge in [-0.15, -0.1) is 0 Å². The van der Waals surface area contributed by atoms with Gasteiger partial charge < -0.3 is 9.64 Å². The predicted octanol–water partition coefficient (Wildman–Crippen LogP) is 5.58. The van der Waals surface area contributed by atoms with Crippen molar-refractivity contribution >= 4 is 17.7 Å². The van der Waals surface area contributed by atoms with Crippen molar-refractivity contribution in [2.45, 2.75) is 52.8 Å². The number of rotatable bonds is 3. The lowest BCUT2D eigenvalue weighted by Crippen LogP contribution is -2.41. The fraction of sp³-hybridized carbons (Fsp3) is 0.375. The number of aromatic nitrogens is 3. The number of ether oxygens (including phenoxy) is 1. The number of hydrogen-bond donors (Lipinski definition) is 0. The predicted molar refractivity (Wildman–Crippen MR) is 122 cm³/mol. The van der Waals surface area contributed by atoms with Crippen LogP contribution in [0.15, 0.2) is 42.7 Å². The summed E-state index contributed by atoms with van der Waals surface area (Å²) < 4.78 is 7.61. The van der Waals surface area contributed by atoms with Gasteiger partial charge in [0.1, 0.15) is 11.3 Å². The molecule has 0 fully saturated rings. The monoisotopic (exact) mass is 438 g/mol. The topological polar surface area (TPSA) is 60.2 Å². The second-order valence-electron chi connectivity index (χ2n) is 8.69. The minimum Gasteiger partial charge on any atom is -0.444 e. The van der Waals surface area contributed by atoms with Gasteiger partial charge in [0.05, 0.1) is 18.8 Å². The molecule has 0 atom stereocenters. The molecule has 1 aromatic carbocycles. The number of hydrogen-bond acceptors (Lipinski definition) is 4. The molecule has 3 heterocycles. The summed E-state index contributed by atoms with van der Waals surface area (Å²) >= 11 is 6.36. The molecule has 1 aliphatic heterocycles. The summed E-state index contributed by atoms with van der Waals surface area (Å²) in [4.78, 5) is 18.6. The van der Waals surface area contributed by atoms with Gasteiger partial charge in [0, 0.05) is 35.1 Å². The van der Waals surface area contributed by atoms with E-state index in [-0.39, 0.29) is 6.09 Å². The van der Waals surface area contributed by atoms with E-state index >= 15 is 0 Å². The quantitative estimate of drug-likeness (QED) is 0.535. The van der Waals surface area contributed by atoms with Gasteiger partial charge in [-0.1, -0.05) is 24.6 Å². The van der Waals surface area contributed by atoms with Crippen LogP contribution in [0.3, 0.4) is 0 Å². The standard InChI is InChI=1S/C24H27ClN4O2/c1-5-16-14-18(6-7-19(16)25)22-21(17-8-10-26-11-9-17)20-15-28(12-13-29(20)27-22)23(30)31-24(2,3)4/h6-11,14H,5,12-13,15H2,1-4H3. The number of halogens is 1. The molecule has 3 aromatic rings. The van der Waals surface area contributed by atoms with E-state index in [9.17, 15) is 4.79 Å². The molecule has 1 amide bonds. The van der Waals surface area contributed by atoms with Crippen molar-refractivity contribution in [2.24, 2.45) is 0 Å². The van der Waals surface area contributed by atoms with Gasteiger partial charge in [0.2, 0.25) is 0 Å². The molecule has 0 aliphatic carbocycles. The summed E-state index contributed by atoms with van der Waals surface area (Å²) in [7, 11) is 0. The number of aryl methyl sites for hydroxylation is 1. The minimum absolute atomic E-state index is 0.304. The molecular weight excluding hydrogens is 412 g/mol. The second-order valence-corrected chi connectivity index (χ2v) is 9.10. The van der Waals surface area contributed by atoms with Gasteiger partial charge in [0.15, 0.2) is 0 Å². The van der Waals surface area contributed by atoms with Crippen molar-refractivity contribution < 1.29 is 9.53 Å². The van der Waals surface area contributed by atoms with Crippen LogP contribution in [0.25, 0.3) is 22.4 Å². The maximum absolute atomic E-state index is 12.7. The van der Waals surface area contributed by atoms with Crippen molar-refractivity contribution in [3.05, 3.63) is 59.0 Å². The third-order valence-corrected chi connectivity index (χ3v) is 5.67. The van der Waals surface area contributed by atoms with E-state index in [0.29, 0.717) is 19.6 Å². The van der Waals surface area contributed by atoms with E-state index < -0.39 is 5.60 Å². The lowest BCUT2D eigenvalue weighted by molar-refractivity contribution is 0.0195. The van der Waals surface area contributed by atoms with E-state index in [0.717, 1.165) is 45.1 Å². The molecule has 0 bridgehead atoms. The van der Waals surface area contributed by atoms with Gasteiger partial charge in [-0.25, -0.2) is 4.79 Å². The molecule has 0 saturated carbocycles. The van der Waals surface area contributed by atoms with E-state index in [1.807, 2.05) is 49.7 Å². The van der Waals surface area contributed by atoms with Crippen LogP contribution in [-0.4, -0.2) is 37.9 Å². The summed E-state index contributed by atoms with van der Waals surface area (Å²) in [5.41, 5.74) is 5.48. The van der Waals surface area contributed by atoms with E-state index in [1.54, 1.807) is 17.3 Å². The SMILES string of the molecule is CCc1cc(-c2nn3c(c2-c2ccncc2)CN(C(=O)OC(C)(C)C)CC3)ccc1Cl. The average Bonchev–Trinajstić information content (AvgIpc) is 3.12. The Balaban J connectivity index is 1.80. The van der Waals surface area contributed by atoms with Crippen LogP contribution in [0.1, 0.15) is 39.0 Å². The zero-order valence-corrected chi connectivity index (χ0v) is 19.1. The van der Waals surface area contributed by atoms with Gasteiger partial charge in [-0.2, -0.15) is 5.10 Å². The Kier molecular flexibility index (Phi) is 5.75. The molecule has 0 radical (unpaired) electrons. The van der Waals surface area contributed by atoms with Crippen molar-refractivity contribution in [1.29, 1.82) is 0 Å². The Morgan fingerprint density at radius 2 is 1.87 bits per heavy atom. The molecule has 2 aromatic heterocycles. The Hall–Kier alpha value is -2.86. The summed E-state index contributed by atoms with van der Waals surface area (Å²) in [5, 5.41) is 5.71. The molecule has 31 heavy (non-hydrogen) atoms. The summed E-state index contributed by atoms with van der Waals surface area (Å²) in [6.45, 7) is 9.34. The van der Waals surface area contributed by atoms with Gasteiger partial charge in [0.25, 0.3) is 0 Å². The fourth-order valence-electron chi connectivity index (χ4n) is 3.82. The van der Waals surface area contributed by atoms with Crippen LogP contribution >= 0.6 is 11.6 Å². The minimum atomic E-state index is -0.534. The van der Waals surface area contributed by atoms with Crippen molar-refractivity contribution in [2.75, 3.05) is 6.54 Å². The van der Waals surface area contributed by atoms with Crippen molar-refractivity contribution in [1.82, 2.24) is 19.7 Å². The van der Waals surface area contributed by atoms with Crippen LogP contribution in [-0.2, 0) is 24.2 Å². The molecular formula is C24H27ClN4O2. The molecule has 1 aliphatic rings. The second kappa shape index (κ2) is 8.35. The Labute approximate surface area is 187 Å². The van der Waals surface area contributed by atoms with Gasteiger partial charge in [-0.05, 0) is 62.6 Å². The third-order valence-electron chi connectivity index (χ3n) is 5.30. The third kappa shape index (κ3) is 4.44. The first-order chi connectivity index (χ1) is 14.8. The van der Waals surface area contributed by atoms with Crippen LogP contribution in [0.4, 0.5) is 4.79 Å². The first-order valence-corrected chi connectivity index (χ1v) is 10.9. The smallest absolute Gasteiger partial charge is 0.410 e. The largest absolute Gasteiger partial charge is 0.444 e. The first kappa shape index (κ1) is 21.4. The number of amides is 1. The number of carbonyl (C=O) groups excluding carboxylic acids is 1. The van der Waals surface area contributed by atoms with Crippen LogP contribution in [0.5, 0.6) is 0 Å². The Morgan fingerprint density at radius 3 is 2.55 bits per heavy atom. The Bertz CT molecular complexity index is 1100. The van der Waals surface area contributed by atoms with E-state index in [1.165, 1.54) is 0 Å². The van der Waals surface area contributed by atoms with Crippen molar-refractivity contribution in [3.63, 3.8) is 0 Å². The molecule has 4 rings (SSSR count). The highest BCUT2D eigenvalue weighted by Crippen LogP contribution is 2.37. The highest BCUT2D eigenvalue weighted by molar-refractivity contribution is 6.31. The number of carbonyl (C=O) groups is 1. The maximum atomic E-state index is 12.7. The van der Waals surface area contributed by atoms with Crippen LogP contribution in [0, 0.1) is 0 Å². The first-order valence-electron chi connectivity index (χ1n) is 10.5.